The van der Waals surface area contributed by atoms with E-state index in [-0.39, 0.29) is 0 Å². The lowest BCUT2D eigenvalue weighted by Gasteiger charge is -2.17. The van der Waals surface area contributed by atoms with Crippen molar-refractivity contribution in [3.8, 4) is 0 Å². The van der Waals surface area contributed by atoms with Gasteiger partial charge in [-0.25, -0.2) is 39.5 Å². The fraction of sp³-hybridized carbons (Fsp3) is 0.0667. The van der Waals surface area contributed by atoms with E-state index in [2.05, 4.69) is 0 Å². The number of rotatable bonds is 2. The number of benzene rings is 2. The van der Waals surface area contributed by atoms with Gasteiger partial charge < -0.3 is 5.41 Å². The predicted octanol–water partition coefficient (Wildman–Crippen LogP) is 5.63. The zero-order valence-electron chi connectivity index (χ0n) is 12.5. The van der Waals surface area contributed by atoms with Crippen molar-refractivity contribution in [3.05, 3.63) is 74.5 Å². The normalized spacial score (nSPS) is 11.6. The van der Waals surface area contributed by atoms with Gasteiger partial charge in [0.25, 0.3) is 0 Å². The van der Waals surface area contributed by atoms with Gasteiger partial charge in [0.05, 0.1) is 11.1 Å². The summed E-state index contributed by atoms with van der Waals surface area (Å²) in [5.41, 5.74) is -9.93. The van der Waals surface area contributed by atoms with Crippen LogP contribution in [0.1, 0.15) is 16.7 Å². The highest BCUT2D eigenvalue weighted by atomic mass is 19.4. The van der Waals surface area contributed by atoms with Crippen LogP contribution < -0.4 is 0 Å². The average Bonchev–Trinajstić information content (AvgIpc) is 2.61. The molecule has 13 heteroatoms. The quantitative estimate of drug-likeness (QED) is 0.259. The third-order valence-electron chi connectivity index (χ3n) is 3.37. The highest BCUT2D eigenvalue weighted by Crippen LogP contribution is 2.40. The lowest BCUT2D eigenvalue weighted by atomic mass is 9.94. The van der Waals surface area contributed by atoms with Crippen LogP contribution in [0.4, 0.5) is 52.7 Å². The van der Waals surface area contributed by atoms with Crippen LogP contribution in [0, 0.1) is 52.4 Å². The standard InChI is InChI=1S/C15F12N/c16-6-3(7(17)11(21)5(10(6)20)15(25,26)27)2(1-28)4-8(18)12(22)14(24)13(23)9(4)19/q-1. The molecule has 0 aliphatic carbocycles. The second-order valence-electron chi connectivity index (χ2n) is 4.94. The smallest absolute Gasteiger partial charge is 0.422 e. The predicted molar refractivity (Wildman–Crippen MR) is 68.4 cm³/mol. The van der Waals surface area contributed by atoms with E-state index in [4.69, 9.17) is 5.41 Å². The summed E-state index contributed by atoms with van der Waals surface area (Å²) in [6.07, 6.45) is -5.97. The van der Waals surface area contributed by atoms with E-state index < -0.39 is 80.8 Å². The molecule has 0 unspecified atom stereocenters. The minimum atomic E-state index is -5.97. The van der Waals surface area contributed by atoms with Gasteiger partial charge in [0, 0.05) is 5.57 Å². The van der Waals surface area contributed by atoms with Crippen molar-refractivity contribution >= 4 is 11.4 Å². The van der Waals surface area contributed by atoms with Gasteiger partial charge in [-0.15, -0.1) is 0 Å². The molecular weight excluding hydrogens is 422 g/mol. The van der Waals surface area contributed by atoms with E-state index in [0.29, 0.717) is 5.87 Å². The maximum atomic E-state index is 13.9. The van der Waals surface area contributed by atoms with E-state index in [1.54, 1.807) is 0 Å². The second-order valence-corrected chi connectivity index (χ2v) is 4.94. The Morgan fingerprint density at radius 3 is 1.11 bits per heavy atom. The SMILES string of the molecule is [N-]=C=C(c1c(F)c(F)c(F)c(F)c1F)c1c(F)c(F)c(C(F)(F)F)c(F)c1F. The molecule has 2 aromatic rings. The van der Waals surface area contributed by atoms with Crippen molar-refractivity contribution in [2.24, 2.45) is 0 Å². The van der Waals surface area contributed by atoms with Crippen molar-refractivity contribution in [1.82, 2.24) is 0 Å². The van der Waals surface area contributed by atoms with Crippen molar-refractivity contribution in [1.29, 1.82) is 0 Å². The van der Waals surface area contributed by atoms with E-state index in [9.17, 15) is 52.7 Å². The molecule has 0 amide bonds. The lowest BCUT2D eigenvalue weighted by molar-refractivity contribution is -0.143. The molecule has 28 heavy (non-hydrogen) atoms. The Labute approximate surface area is 146 Å². The average molecular weight is 422 g/mol. The van der Waals surface area contributed by atoms with E-state index >= 15 is 0 Å². The van der Waals surface area contributed by atoms with Crippen LogP contribution in [-0.4, -0.2) is 5.87 Å². The first-order valence-corrected chi connectivity index (χ1v) is 6.49. The van der Waals surface area contributed by atoms with E-state index in [1.807, 2.05) is 0 Å². The lowest BCUT2D eigenvalue weighted by Crippen LogP contribution is -2.18. The second kappa shape index (κ2) is 6.89. The molecule has 0 atom stereocenters. The molecule has 0 aliphatic heterocycles. The highest BCUT2D eigenvalue weighted by molar-refractivity contribution is 6.00. The summed E-state index contributed by atoms with van der Waals surface area (Å²) in [5, 5.41) is 8.83. The summed E-state index contributed by atoms with van der Waals surface area (Å²) < 4.78 is 160. The Kier molecular flexibility index (Phi) is 5.26. The summed E-state index contributed by atoms with van der Waals surface area (Å²) in [6.45, 7) is 0. The number of alkyl halides is 3. The van der Waals surface area contributed by atoms with Crippen molar-refractivity contribution in [3.63, 3.8) is 0 Å². The Hall–Kier alpha value is -2.95. The summed E-state index contributed by atoms with van der Waals surface area (Å²) in [4.78, 5) is 0. The summed E-state index contributed by atoms with van der Waals surface area (Å²) >= 11 is 0. The maximum absolute atomic E-state index is 13.9. The summed E-state index contributed by atoms with van der Waals surface area (Å²) in [7, 11) is 0. The fourth-order valence-electron chi connectivity index (χ4n) is 2.16. The van der Waals surface area contributed by atoms with E-state index in [0.717, 1.165) is 0 Å². The third-order valence-corrected chi connectivity index (χ3v) is 3.37. The highest BCUT2D eigenvalue weighted by Gasteiger charge is 2.43. The van der Waals surface area contributed by atoms with Gasteiger partial charge in [-0.1, -0.05) is 0 Å². The first-order chi connectivity index (χ1) is 12.8. The number of hydrogen-bond acceptors (Lipinski definition) is 0. The van der Waals surface area contributed by atoms with Gasteiger partial charge >= 0.3 is 6.18 Å². The van der Waals surface area contributed by atoms with Crippen molar-refractivity contribution in [2.45, 2.75) is 6.18 Å². The minimum absolute atomic E-state index is 0.571. The minimum Gasteiger partial charge on any atom is -0.763 e. The fourth-order valence-corrected chi connectivity index (χ4v) is 2.16. The van der Waals surface area contributed by atoms with Gasteiger partial charge in [-0.05, 0) is 0 Å². The van der Waals surface area contributed by atoms with Crippen LogP contribution in [0.25, 0.3) is 11.0 Å². The van der Waals surface area contributed by atoms with Gasteiger partial charge in [0.15, 0.2) is 46.5 Å². The Morgan fingerprint density at radius 1 is 0.536 bits per heavy atom. The van der Waals surface area contributed by atoms with Crippen LogP contribution >= 0.6 is 0 Å². The molecular formula is C15F12N-. The molecule has 0 bridgehead atoms. The number of halogens is 12. The monoisotopic (exact) mass is 422 g/mol. The Bertz CT molecular complexity index is 988. The zero-order valence-corrected chi connectivity index (χ0v) is 12.5. The molecule has 0 fully saturated rings. The molecule has 1 nitrogen and oxygen atoms in total. The molecule has 0 saturated heterocycles. The first kappa shape index (κ1) is 21.4. The van der Waals surface area contributed by atoms with Crippen LogP contribution in [0.5, 0.6) is 0 Å². The zero-order chi connectivity index (χ0) is 21.7. The first-order valence-electron chi connectivity index (χ1n) is 6.49. The summed E-state index contributed by atoms with van der Waals surface area (Å²) in [5.74, 6) is -25.2. The Balaban J connectivity index is 3.00. The molecule has 0 heterocycles. The molecule has 0 N–H and O–H groups in total. The van der Waals surface area contributed by atoms with Gasteiger partial charge in [-0.3, -0.25) is 5.87 Å². The number of nitrogens with zero attached hydrogens (tertiary/aromatic N) is 1. The summed E-state index contributed by atoms with van der Waals surface area (Å²) in [6, 6.07) is 0. The molecule has 0 saturated carbocycles. The largest absolute Gasteiger partial charge is 0.763 e. The molecule has 0 aromatic heterocycles. The maximum Gasteiger partial charge on any atom is 0.422 e. The molecule has 0 spiro atoms. The van der Waals surface area contributed by atoms with Crippen LogP contribution in [0.15, 0.2) is 0 Å². The van der Waals surface area contributed by atoms with Gasteiger partial charge in [-0.2, -0.15) is 13.2 Å². The van der Waals surface area contributed by atoms with Crippen molar-refractivity contribution in [2.75, 3.05) is 0 Å². The Morgan fingerprint density at radius 2 is 0.821 bits per heavy atom. The molecule has 2 aromatic carbocycles. The van der Waals surface area contributed by atoms with Crippen LogP contribution in [-0.2, 0) is 6.18 Å². The van der Waals surface area contributed by atoms with Crippen LogP contribution in [0.2, 0.25) is 0 Å². The van der Waals surface area contributed by atoms with Gasteiger partial charge in [0.2, 0.25) is 5.82 Å². The molecule has 0 radical (unpaired) electrons. The number of hydrogen-bond donors (Lipinski definition) is 0. The van der Waals surface area contributed by atoms with Gasteiger partial charge in [0.1, 0.15) is 5.56 Å². The molecule has 0 aliphatic rings. The van der Waals surface area contributed by atoms with Crippen molar-refractivity contribution < 1.29 is 52.7 Å². The molecule has 150 valence electrons. The van der Waals surface area contributed by atoms with Crippen LogP contribution in [0.3, 0.4) is 0 Å². The molecule has 2 rings (SSSR count). The third kappa shape index (κ3) is 3.01. The topological polar surface area (TPSA) is 22.3 Å². The van der Waals surface area contributed by atoms with E-state index in [1.165, 1.54) is 0 Å².